The second-order valence-electron chi connectivity index (χ2n) is 5.71. The van der Waals surface area contributed by atoms with Crippen LogP contribution in [0.2, 0.25) is 0 Å². The summed E-state index contributed by atoms with van der Waals surface area (Å²) in [6.45, 7) is 1.64. The maximum Gasteiger partial charge on any atom is 0.249 e. The largest absolute Gasteiger partial charge is 0.494 e. The van der Waals surface area contributed by atoms with Gasteiger partial charge in [0.1, 0.15) is 12.6 Å². The first-order valence-electron chi connectivity index (χ1n) is 7.80. The van der Waals surface area contributed by atoms with Gasteiger partial charge in [0.15, 0.2) is 11.6 Å². The van der Waals surface area contributed by atoms with Crippen LogP contribution >= 0.6 is 0 Å². The van der Waals surface area contributed by atoms with Crippen molar-refractivity contribution in [3.8, 4) is 5.75 Å². The van der Waals surface area contributed by atoms with Crippen LogP contribution in [0.4, 0.5) is 21.5 Å². The quantitative estimate of drug-likeness (QED) is 0.895. The van der Waals surface area contributed by atoms with E-state index in [0.29, 0.717) is 17.1 Å². The van der Waals surface area contributed by atoms with E-state index in [4.69, 9.17) is 4.74 Å². The SMILES string of the molecule is COc1cc(N[C@@H](C)C(=O)N2CC(=O)Nc3ccccc32)ccc1F. The number of para-hydroxylation sites is 2. The van der Waals surface area contributed by atoms with E-state index in [9.17, 15) is 14.0 Å². The second kappa shape index (κ2) is 6.80. The Morgan fingerprint density at radius 1 is 1.32 bits per heavy atom. The van der Waals surface area contributed by atoms with Gasteiger partial charge in [0, 0.05) is 11.8 Å². The van der Waals surface area contributed by atoms with Crippen LogP contribution in [-0.4, -0.2) is 31.5 Å². The van der Waals surface area contributed by atoms with E-state index < -0.39 is 11.9 Å². The number of nitrogens with zero attached hydrogens (tertiary/aromatic N) is 1. The average molecular weight is 343 g/mol. The van der Waals surface area contributed by atoms with Gasteiger partial charge in [-0.3, -0.25) is 14.5 Å². The van der Waals surface area contributed by atoms with Crippen LogP contribution in [0, 0.1) is 5.82 Å². The molecule has 0 fully saturated rings. The highest BCUT2D eigenvalue weighted by Gasteiger charge is 2.29. The number of benzene rings is 2. The average Bonchev–Trinajstić information content (AvgIpc) is 2.61. The maximum atomic E-state index is 13.5. The Bertz CT molecular complexity index is 825. The topological polar surface area (TPSA) is 70.7 Å². The third kappa shape index (κ3) is 3.40. The normalized spacial score (nSPS) is 14.4. The molecule has 1 heterocycles. The Morgan fingerprint density at radius 3 is 2.84 bits per heavy atom. The first kappa shape index (κ1) is 16.8. The van der Waals surface area contributed by atoms with Gasteiger partial charge in [-0.05, 0) is 31.2 Å². The third-order valence-corrected chi connectivity index (χ3v) is 3.94. The van der Waals surface area contributed by atoms with Crippen molar-refractivity contribution in [2.75, 3.05) is 29.2 Å². The van der Waals surface area contributed by atoms with E-state index in [1.807, 2.05) is 0 Å². The van der Waals surface area contributed by atoms with Crippen LogP contribution in [0.5, 0.6) is 5.75 Å². The number of amides is 2. The zero-order valence-electron chi connectivity index (χ0n) is 13.9. The molecule has 2 aromatic carbocycles. The molecule has 1 atom stereocenters. The predicted molar refractivity (Wildman–Crippen MR) is 93.5 cm³/mol. The van der Waals surface area contributed by atoms with E-state index >= 15 is 0 Å². The summed E-state index contributed by atoms with van der Waals surface area (Å²) in [7, 11) is 1.38. The smallest absolute Gasteiger partial charge is 0.249 e. The first-order chi connectivity index (χ1) is 12.0. The molecule has 6 nitrogen and oxygen atoms in total. The number of hydrogen-bond donors (Lipinski definition) is 2. The summed E-state index contributed by atoms with van der Waals surface area (Å²) in [5.41, 5.74) is 1.80. The molecule has 7 heteroatoms. The Kier molecular flexibility index (Phi) is 4.56. The number of nitrogens with one attached hydrogen (secondary N) is 2. The minimum Gasteiger partial charge on any atom is -0.494 e. The fraction of sp³-hybridized carbons (Fsp3) is 0.222. The number of methoxy groups -OCH3 is 1. The van der Waals surface area contributed by atoms with Crippen LogP contribution < -0.4 is 20.3 Å². The van der Waals surface area contributed by atoms with Crippen molar-refractivity contribution in [1.29, 1.82) is 0 Å². The molecule has 1 aliphatic heterocycles. The highest BCUT2D eigenvalue weighted by atomic mass is 19.1. The highest BCUT2D eigenvalue weighted by Crippen LogP contribution is 2.30. The number of hydrogen-bond acceptors (Lipinski definition) is 4. The predicted octanol–water partition coefficient (Wildman–Crippen LogP) is 2.62. The molecule has 25 heavy (non-hydrogen) atoms. The molecule has 0 saturated heterocycles. The lowest BCUT2D eigenvalue weighted by atomic mass is 10.1. The lowest BCUT2D eigenvalue weighted by Crippen LogP contribution is -2.47. The molecule has 0 unspecified atom stereocenters. The number of ether oxygens (including phenoxy) is 1. The number of rotatable bonds is 4. The van der Waals surface area contributed by atoms with Crippen molar-refractivity contribution in [3.63, 3.8) is 0 Å². The molecule has 0 radical (unpaired) electrons. The van der Waals surface area contributed by atoms with Gasteiger partial charge in [0.05, 0.1) is 18.5 Å². The molecule has 0 aliphatic carbocycles. The molecular formula is C18H18FN3O3. The van der Waals surface area contributed by atoms with Crippen LogP contribution in [0.25, 0.3) is 0 Å². The summed E-state index contributed by atoms with van der Waals surface area (Å²) in [5, 5.41) is 5.76. The number of anilines is 3. The number of halogens is 1. The zero-order valence-corrected chi connectivity index (χ0v) is 13.9. The molecule has 0 spiro atoms. The van der Waals surface area contributed by atoms with Crippen LogP contribution in [0.3, 0.4) is 0 Å². The standard InChI is InChI=1S/C18H18FN3O3/c1-11(20-12-7-8-13(19)16(9-12)25-2)18(24)22-10-17(23)21-14-5-3-4-6-15(14)22/h3-9,11,20H,10H2,1-2H3,(H,21,23)/t11-/m0/s1. The van der Waals surface area contributed by atoms with Gasteiger partial charge >= 0.3 is 0 Å². The van der Waals surface area contributed by atoms with E-state index in [2.05, 4.69) is 10.6 Å². The Labute approximate surface area is 144 Å². The second-order valence-corrected chi connectivity index (χ2v) is 5.71. The molecule has 0 bridgehead atoms. The van der Waals surface area contributed by atoms with Gasteiger partial charge in [0.25, 0.3) is 0 Å². The van der Waals surface area contributed by atoms with Gasteiger partial charge in [-0.15, -0.1) is 0 Å². The van der Waals surface area contributed by atoms with Gasteiger partial charge in [-0.25, -0.2) is 4.39 Å². The van der Waals surface area contributed by atoms with Gasteiger partial charge in [0.2, 0.25) is 11.8 Å². The molecule has 0 aromatic heterocycles. The van der Waals surface area contributed by atoms with E-state index in [1.165, 1.54) is 30.2 Å². The number of carbonyl (C=O) groups is 2. The molecule has 1 aliphatic rings. The monoisotopic (exact) mass is 343 g/mol. The summed E-state index contributed by atoms with van der Waals surface area (Å²) in [4.78, 5) is 26.1. The number of fused-ring (bicyclic) bond motifs is 1. The van der Waals surface area contributed by atoms with Crippen LogP contribution in [-0.2, 0) is 9.59 Å². The summed E-state index contributed by atoms with van der Waals surface area (Å²) in [6, 6.07) is 10.8. The summed E-state index contributed by atoms with van der Waals surface area (Å²) >= 11 is 0. The zero-order chi connectivity index (χ0) is 18.0. The van der Waals surface area contributed by atoms with Crippen molar-refractivity contribution in [2.24, 2.45) is 0 Å². The highest BCUT2D eigenvalue weighted by molar-refractivity contribution is 6.11. The third-order valence-electron chi connectivity index (χ3n) is 3.94. The van der Waals surface area contributed by atoms with Crippen molar-refractivity contribution >= 4 is 28.9 Å². The summed E-state index contributed by atoms with van der Waals surface area (Å²) in [6.07, 6.45) is 0. The van der Waals surface area contributed by atoms with E-state index in [0.717, 1.165) is 0 Å². The minimum absolute atomic E-state index is 0.0470. The fourth-order valence-corrected chi connectivity index (χ4v) is 2.72. The van der Waals surface area contributed by atoms with Gasteiger partial charge in [-0.2, -0.15) is 0 Å². The van der Waals surface area contributed by atoms with E-state index in [1.54, 1.807) is 31.2 Å². The first-order valence-corrected chi connectivity index (χ1v) is 7.80. The fourth-order valence-electron chi connectivity index (χ4n) is 2.72. The summed E-state index contributed by atoms with van der Waals surface area (Å²) in [5.74, 6) is -0.894. The Morgan fingerprint density at radius 2 is 2.08 bits per heavy atom. The van der Waals surface area contributed by atoms with Gasteiger partial charge < -0.3 is 15.4 Å². The molecule has 2 amide bonds. The van der Waals surface area contributed by atoms with Crippen molar-refractivity contribution in [1.82, 2.24) is 0 Å². The maximum absolute atomic E-state index is 13.5. The molecule has 2 N–H and O–H groups in total. The molecule has 0 saturated carbocycles. The lowest BCUT2D eigenvalue weighted by molar-refractivity contribution is -0.122. The van der Waals surface area contributed by atoms with Gasteiger partial charge in [-0.1, -0.05) is 12.1 Å². The molecule has 130 valence electrons. The van der Waals surface area contributed by atoms with Crippen LogP contribution in [0.15, 0.2) is 42.5 Å². The lowest BCUT2D eigenvalue weighted by Gasteiger charge is -2.31. The minimum atomic E-state index is -0.617. The van der Waals surface area contributed by atoms with E-state index in [-0.39, 0.29) is 24.1 Å². The molecular weight excluding hydrogens is 325 g/mol. The molecule has 2 aromatic rings. The number of carbonyl (C=O) groups excluding carboxylic acids is 2. The summed E-state index contributed by atoms with van der Waals surface area (Å²) < 4.78 is 18.4. The van der Waals surface area contributed by atoms with Crippen molar-refractivity contribution < 1.29 is 18.7 Å². The van der Waals surface area contributed by atoms with Crippen molar-refractivity contribution in [3.05, 3.63) is 48.3 Å². The molecule has 3 rings (SSSR count). The van der Waals surface area contributed by atoms with Crippen molar-refractivity contribution in [2.45, 2.75) is 13.0 Å². The Hall–Kier alpha value is -3.09. The Balaban J connectivity index is 1.80. The van der Waals surface area contributed by atoms with Crippen LogP contribution in [0.1, 0.15) is 6.92 Å².